The van der Waals surface area contributed by atoms with Gasteiger partial charge in [-0.05, 0) is 44.2 Å². The highest BCUT2D eigenvalue weighted by molar-refractivity contribution is 5.97. The lowest BCUT2D eigenvalue weighted by molar-refractivity contribution is -0.384. The Balaban J connectivity index is 1.69. The van der Waals surface area contributed by atoms with Gasteiger partial charge in [0.25, 0.3) is 5.69 Å². The molecule has 7 nitrogen and oxygen atoms in total. The Labute approximate surface area is 141 Å². The quantitative estimate of drug-likeness (QED) is 0.633. The van der Waals surface area contributed by atoms with Gasteiger partial charge in [0, 0.05) is 31.3 Å². The molecule has 7 heteroatoms. The average Bonchev–Trinajstić information content (AvgIpc) is 3.18. The Hall–Kier alpha value is -1.99. The van der Waals surface area contributed by atoms with E-state index in [1.807, 2.05) is 0 Å². The molecule has 2 aliphatic heterocycles. The third kappa shape index (κ3) is 3.42. The molecule has 1 aromatic carbocycles. The highest BCUT2D eigenvalue weighted by Crippen LogP contribution is 2.32. The minimum Gasteiger partial charge on any atom is -0.396 e. The number of likely N-dealkylation sites (tertiary alicyclic amines) is 1. The third-order valence-corrected chi connectivity index (χ3v) is 5.01. The molecule has 130 valence electrons. The molecule has 24 heavy (non-hydrogen) atoms. The first-order valence-corrected chi connectivity index (χ1v) is 8.52. The van der Waals surface area contributed by atoms with Gasteiger partial charge in [0.05, 0.1) is 17.2 Å². The largest absolute Gasteiger partial charge is 0.396 e. The summed E-state index contributed by atoms with van der Waals surface area (Å²) < 4.78 is 0. The number of amides is 1. The van der Waals surface area contributed by atoms with Crippen molar-refractivity contribution in [2.45, 2.75) is 38.1 Å². The fourth-order valence-corrected chi connectivity index (χ4v) is 3.76. The van der Waals surface area contributed by atoms with E-state index in [1.54, 1.807) is 11.0 Å². The van der Waals surface area contributed by atoms with Crippen LogP contribution in [0.15, 0.2) is 18.2 Å². The van der Waals surface area contributed by atoms with Crippen molar-refractivity contribution in [1.29, 1.82) is 0 Å². The van der Waals surface area contributed by atoms with Crippen LogP contribution in [0.5, 0.6) is 0 Å². The normalized spacial score (nSPS) is 20.4. The van der Waals surface area contributed by atoms with E-state index in [9.17, 15) is 14.9 Å². The van der Waals surface area contributed by atoms with Gasteiger partial charge in [-0.2, -0.15) is 0 Å². The summed E-state index contributed by atoms with van der Waals surface area (Å²) in [5, 5.41) is 20.0. The van der Waals surface area contributed by atoms with Crippen molar-refractivity contribution in [1.82, 2.24) is 4.90 Å². The Morgan fingerprint density at radius 3 is 2.96 bits per heavy atom. The SMILES string of the molecule is O=C(CN1CCC[C@H]1CCCO)N1CCc2ccc([N+](=O)[O-])cc21. The van der Waals surface area contributed by atoms with E-state index in [0.717, 1.165) is 44.2 Å². The number of hydrogen-bond donors (Lipinski definition) is 1. The van der Waals surface area contributed by atoms with Crippen LogP contribution in [0.1, 0.15) is 31.2 Å². The number of non-ortho nitro benzene ring substituents is 1. The summed E-state index contributed by atoms with van der Waals surface area (Å²) in [6.45, 7) is 2.02. The summed E-state index contributed by atoms with van der Waals surface area (Å²) in [7, 11) is 0. The molecule has 0 radical (unpaired) electrons. The Bertz CT molecular complexity index is 634. The van der Waals surface area contributed by atoms with Crippen LogP contribution in [-0.2, 0) is 11.2 Å². The van der Waals surface area contributed by atoms with Gasteiger partial charge >= 0.3 is 0 Å². The van der Waals surface area contributed by atoms with E-state index < -0.39 is 4.92 Å². The molecule has 0 aromatic heterocycles. The maximum atomic E-state index is 12.7. The minimum atomic E-state index is -0.424. The number of nitrogens with zero attached hydrogens (tertiary/aromatic N) is 3. The summed E-state index contributed by atoms with van der Waals surface area (Å²) in [4.78, 5) is 27.2. The average molecular weight is 333 g/mol. The van der Waals surface area contributed by atoms with E-state index in [4.69, 9.17) is 5.11 Å². The highest BCUT2D eigenvalue weighted by Gasteiger charge is 2.31. The monoisotopic (exact) mass is 333 g/mol. The number of fused-ring (bicyclic) bond motifs is 1. The summed E-state index contributed by atoms with van der Waals surface area (Å²) in [5.74, 6) is 0.00477. The maximum Gasteiger partial charge on any atom is 0.271 e. The second-order valence-electron chi connectivity index (χ2n) is 6.50. The lowest BCUT2D eigenvalue weighted by Gasteiger charge is -2.26. The number of rotatable bonds is 6. The van der Waals surface area contributed by atoms with Crippen LogP contribution < -0.4 is 4.90 Å². The van der Waals surface area contributed by atoms with Gasteiger partial charge in [0.15, 0.2) is 0 Å². The Morgan fingerprint density at radius 1 is 1.38 bits per heavy atom. The first-order chi connectivity index (χ1) is 11.6. The molecule has 1 fully saturated rings. The number of nitro benzene ring substituents is 1. The van der Waals surface area contributed by atoms with E-state index in [-0.39, 0.29) is 18.2 Å². The number of carbonyl (C=O) groups is 1. The van der Waals surface area contributed by atoms with Crippen molar-refractivity contribution in [3.63, 3.8) is 0 Å². The van der Waals surface area contributed by atoms with Gasteiger partial charge in [-0.1, -0.05) is 6.07 Å². The predicted octanol–water partition coefficient (Wildman–Crippen LogP) is 1.72. The topological polar surface area (TPSA) is 86.9 Å². The first kappa shape index (κ1) is 16.9. The van der Waals surface area contributed by atoms with Crippen molar-refractivity contribution in [3.8, 4) is 0 Å². The van der Waals surface area contributed by atoms with Gasteiger partial charge in [-0.15, -0.1) is 0 Å². The maximum absolute atomic E-state index is 12.7. The summed E-state index contributed by atoms with van der Waals surface area (Å²) in [5.41, 5.74) is 1.70. The van der Waals surface area contributed by atoms with Gasteiger partial charge in [-0.3, -0.25) is 19.8 Å². The van der Waals surface area contributed by atoms with E-state index in [0.29, 0.717) is 24.8 Å². The van der Waals surface area contributed by atoms with Crippen molar-refractivity contribution < 1.29 is 14.8 Å². The standard InChI is InChI=1S/C17H23N3O4/c21-10-2-4-14-3-1-8-18(14)12-17(22)19-9-7-13-5-6-15(20(23)24)11-16(13)19/h5-6,11,14,21H,1-4,7-10,12H2/t14-/m0/s1. The molecule has 1 atom stereocenters. The second-order valence-corrected chi connectivity index (χ2v) is 6.50. The number of aliphatic hydroxyl groups excluding tert-OH is 1. The van der Waals surface area contributed by atoms with Gasteiger partial charge in [0.2, 0.25) is 5.91 Å². The van der Waals surface area contributed by atoms with E-state index >= 15 is 0 Å². The van der Waals surface area contributed by atoms with Gasteiger partial charge in [0.1, 0.15) is 0 Å². The van der Waals surface area contributed by atoms with E-state index in [1.165, 1.54) is 12.1 Å². The highest BCUT2D eigenvalue weighted by atomic mass is 16.6. The second kappa shape index (κ2) is 7.27. The molecule has 3 rings (SSSR count). The molecule has 1 N–H and O–H groups in total. The van der Waals surface area contributed by atoms with Crippen LogP contribution in [0, 0.1) is 10.1 Å². The predicted molar refractivity (Wildman–Crippen MR) is 90.1 cm³/mol. The number of anilines is 1. The van der Waals surface area contributed by atoms with Crippen LogP contribution in [0.25, 0.3) is 0 Å². The van der Waals surface area contributed by atoms with Crippen LogP contribution in [0.4, 0.5) is 11.4 Å². The Morgan fingerprint density at radius 2 is 2.21 bits per heavy atom. The van der Waals surface area contributed by atoms with Crippen molar-refractivity contribution in [2.24, 2.45) is 0 Å². The van der Waals surface area contributed by atoms with Crippen molar-refractivity contribution in [2.75, 3.05) is 31.1 Å². The van der Waals surface area contributed by atoms with Crippen LogP contribution in [0.2, 0.25) is 0 Å². The number of aliphatic hydroxyl groups is 1. The van der Waals surface area contributed by atoms with Crippen LogP contribution in [0.3, 0.4) is 0 Å². The molecule has 0 bridgehead atoms. The molecule has 1 aromatic rings. The smallest absolute Gasteiger partial charge is 0.271 e. The minimum absolute atomic E-state index is 0.00477. The van der Waals surface area contributed by atoms with Crippen molar-refractivity contribution >= 4 is 17.3 Å². The first-order valence-electron chi connectivity index (χ1n) is 8.52. The van der Waals surface area contributed by atoms with E-state index in [2.05, 4.69) is 4.90 Å². The zero-order chi connectivity index (χ0) is 17.1. The molecule has 2 aliphatic rings. The Kier molecular flexibility index (Phi) is 5.11. The molecule has 0 spiro atoms. The lowest BCUT2D eigenvalue weighted by Crippen LogP contribution is -2.41. The molecule has 1 saturated heterocycles. The van der Waals surface area contributed by atoms with Crippen LogP contribution >= 0.6 is 0 Å². The summed E-state index contributed by atoms with van der Waals surface area (Å²) in [6.07, 6.45) is 4.55. The molecule has 2 heterocycles. The zero-order valence-electron chi connectivity index (χ0n) is 13.7. The molecular formula is C17H23N3O4. The fraction of sp³-hybridized carbons (Fsp3) is 0.588. The lowest BCUT2D eigenvalue weighted by atomic mass is 10.1. The molecule has 0 unspecified atom stereocenters. The number of nitro groups is 1. The number of hydrogen-bond acceptors (Lipinski definition) is 5. The zero-order valence-corrected chi connectivity index (χ0v) is 13.7. The number of carbonyl (C=O) groups excluding carboxylic acids is 1. The summed E-state index contributed by atoms with van der Waals surface area (Å²) >= 11 is 0. The van der Waals surface area contributed by atoms with Crippen molar-refractivity contribution in [3.05, 3.63) is 33.9 Å². The van der Waals surface area contributed by atoms with Gasteiger partial charge < -0.3 is 10.0 Å². The fourth-order valence-electron chi connectivity index (χ4n) is 3.76. The van der Waals surface area contributed by atoms with Crippen LogP contribution in [-0.4, -0.2) is 53.1 Å². The number of benzene rings is 1. The summed E-state index contributed by atoms with van der Waals surface area (Å²) in [6, 6.07) is 5.11. The molecule has 0 saturated carbocycles. The molecule has 1 amide bonds. The molecular weight excluding hydrogens is 310 g/mol. The van der Waals surface area contributed by atoms with Gasteiger partial charge in [-0.25, -0.2) is 0 Å². The molecule has 0 aliphatic carbocycles. The third-order valence-electron chi connectivity index (χ3n) is 5.01.